The second kappa shape index (κ2) is 12.7. The van der Waals surface area contributed by atoms with Gasteiger partial charge in [-0.1, -0.05) is 30.3 Å². The molecule has 2 aromatic rings. The number of nitrogens with one attached hydrogen (secondary N) is 2. The molecule has 5 N–H and O–H groups in total. The molecule has 180 valence electrons. The quantitative estimate of drug-likeness (QED) is 0.196. The van der Waals surface area contributed by atoms with Crippen molar-refractivity contribution < 1.29 is 14.3 Å². The van der Waals surface area contributed by atoms with Crippen molar-refractivity contribution in [2.24, 2.45) is 5.73 Å². The van der Waals surface area contributed by atoms with Gasteiger partial charge in [0.25, 0.3) is 5.91 Å². The van der Waals surface area contributed by atoms with Crippen LogP contribution in [-0.4, -0.2) is 58.9 Å². The monoisotopic (exact) mass is 465 g/mol. The van der Waals surface area contributed by atoms with E-state index < -0.39 is 11.7 Å². The lowest BCUT2D eigenvalue weighted by Crippen LogP contribution is -2.50. The van der Waals surface area contributed by atoms with Crippen molar-refractivity contribution in [1.82, 2.24) is 9.80 Å². The molecule has 0 atom stereocenters. The maximum atomic E-state index is 13.1. The zero-order valence-electron chi connectivity index (χ0n) is 19.2. The molecule has 34 heavy (non-hydrogen) atoms. The summed E-state index contributed by atoms with van der Waals surface area (Å²) in [6.07, 6.45) is 6.57. The number of aliphatic hydroxyl groups excluding tert-OH is 1. The highest BCUT2D eigenvalue weighted by Gasteiger charge is 2.31. The minimum atomic E-state index is -0.635. The zero-order chi connectivity index (χ0) is 24.3. The maximum Gasteiger partial charge on any atom is 0.294 e. The van der Waals surface area contributed by atoms with E-state index in [9.17, 15) is 14.3 Å². The molecule has 0 bridgehead atoms. The number of nitrogens with two attached hydrogens (primary N) is 1. The molecule has 0 aromatic heterocycles. The summed E-state index contributed by atoms with van der Waals surface area (Å²) in [5, 5.41) is 21.6. The predicted molar refractivity (Wildman–Crippen MR) is 133 cm³/mol. The van der Waals surface area contributed by atoms with Gasteiger partial charge in [-0.15, -0.1) is 0 Å². The number of benzene rings is 2. The molecule has 1 aliphatic rings. The molecule has 0 radical (unpaired) electrons. The van der Waals surface area contributed by atoms with E-state index >= 15 is 0 Å². The molecule has 1 aliphatic heterocycles. The lowest BCUT2D eigenvalue weighted by molar-refractivity contribution is -0.128. The van der Waals surface area contributed by atoms with E-state index in [0.29, 0.717) is 18.5 Å². The van der Waals surface area contributed by atoms with Crippen molar-refractivity contribution in [1.29, 1.82) is 5.41 Å². The molecule has 3 rings (SSSR count). The van der Waals surface area contributed by atoms with Gasteiger partial charge >= 0.3 is 0 Å². The molecule has 0 saturated carbocycles. The lowest BCUT2D eigenvalue weighted by atomic mass is 10.0. The SMILES string of the molecule is N=C(/C=C\Nc1ccc(F)cc1)N(C(=O)/C(O)=C/CN)C1CCN(CCc2ccccc2)CC1. The number of carbonyl (C=O) groups is 1. The molecule has 1 amide bonds. The lowest BCUT2D eigenvalue weighted by Gasteiger charge is -2.38. The van der Waals surface area contributed by atoms with Crippen LogP contribution in [0, 0.1) is 11.2 Å². The average Bonchev–Trinajstić information content (AvgIpc) is 2.85. The maximum absolute atomic E-state index is 13.1. The van der Waals surface area contributed by atoms with E-state index in [1.54, 1.807) is 12.1 Å². The average molecular weight is 466 g/mol. The first kappa shape index (κ1) is 25.1. The Hall–Kier alpha value is -3.49. The first-order valence-corrected chi connectivity index (χ1v) is 11.4. The largest absolute Gasteiger partial charge is 0.503 e. The fourth-order valence-electron chi connectivity index (χ4n) is 3.97. The molecule has 0 spiro atoms. The van der Waals surface area contributed by atoms with Crippen LogP contribution in [0.3, 0.4) is 0 Å². The van der Waals surface area contributed by atoms with Crippen LogP contribution in [0.25, 0.3) is 0 Å². The van der Waals surface area contributed by atoms with Crippen LogP contribution < -0.4 is 11.1 Å². The smallest absolute Gasteiger partial charge is 0.294 e. The van der Waals surface area contributed by atoms with Crippen molar-refractivity contribution in [3.05, 3.63) is 90.1 Å². The van der Waals surface area contributed by atoms with E-state index in [4.69, 9.17) is 11.1 Å². The van der Waals surface area contributed by atoms with E-state index in [2.05, 4.69) is 22.3 Å². The summed E-state index contributed by atoms with van der Waals surface area (Å²) in [5.41, 5.74) is 7.40. The number of amides is 1. The number of hydrogen-bond donors (Lipinski definition) is 4. The van der Waals surface area contributed by atoms with Gasteiger partial charge < -0.3 is 21.1 Å². The van der Waals surface area contributed by atoms with Crippen molar-refractivity contribution in [2.45, 2.75) is 25.3 Å². The van der Waals surface area contributed by atoms with E-state index in [0.717, 1.165) is 26.1 Å². The Kier molecular flexibility index (Phi) is 9.37. The number of rotatable bonds is 9. The van der Waals surface area contributed by atoms with E-state index in [1.165, 1.54) is 40.9 Å². The normalized spacial score (nSPS) is 15.4. The predicted octanol–water partition coefficient (Wildman–Crippen LogP) is 3.66. The molecule has 0 aliphatic carbocycles. The first-order chi connectivity index (χ1) is 16.5. The third kappa shape index (κ3) is 7.26. The summed E-state index contributed by atoms with van der Waals surface area (Å²) in [6, 6.07) is 15.9. The second-order valence-electron chi connectivity index (χ2n) is 8.18. The summed E-state index contributed by atoms with van der Waals surface area (Å²) in [4.78, 5) is 16.6. The molecule has 1 fully saturated rings. The number of halogens is 1. The Morgan fingerprint density at radius 1 is 1.18 bits per heavy atom. The number of likely N-dealkylation sites (tertiary alicyclic amines) is 1. The van der Waals surface area contributed by atoms with Crippen molar-refractivity contribution in [3.8, 4) is 0 Å². The van der Waals surface area contributed by atoms with Gasteiger partial charge in [-0.25, -0.2) is 4.39 Å². The van der Waals surface area contributed by atoms with E-state index in [-0.39, 0.29) is 24.2 Å². The summed E-state index contributed by atoms with van der Waals surface area (Å²) < 4.78 is 13.1. The van der Waals surface area contributed by atoms with Crippen LogP contribution in [0.1, 0.15) is 18.4 Å². The second-order valence-corrected chi connectivity index (χ2v) is 8.18. The van der Waals surface area contributed by atoms with Crippen molar-refractivity contribution in [2.75, 3.05) is 31.5 Å². The van der Waals surface area contributed by atoms with Gasteiger partial charge in [0.2, 0.25) is 0 Å². The Balaban J connectivity index is 1.62. The van der Waals surface area contributed by atoms with Crippen LogP contribution in [0.5, 0.6) is 0 Å². The van der Waals surface area contributed by atoms with Gasteiger partial charge in [-0.05, 0) is 61.2 Å². The fraction of sp³-hybridized carbons (Fsp3) is 0.308. The van der Waals surface area contributed by atoms with Gasteiger partial charge in [0.15, 0.2) is 5.76 Å². The number of amidine groups is 1. The van der Waals surface area contributed by atoms with Crippen LogP contribution in [0.4, 0.5) is 10.1 Å². The van der Waals surface area contributed by atoms with Gasteiger partial charge in [0.1, 0.15) is 11.7 Å². The van der Waals surface area contributed by atoms with Crippen LogP contribution in [0.15, 0.2) is 78.7 Å². The van der Waals surface area contributed by atoms with Gasteiger partial charge in [0, 0.05) is 44.1 Å². The fourth-order valence-corrected chi connectivity index (χ4v) is 3.97. The van der Waals surface area contributed by atoms with Crippen molar-refractivity contribution >= 4 is 17.4 Å². The number of hydrogen-bond acceptors (Lipinski definition) is 6. The number of nitrogens with zero attached hydrogens (tertiary/aromatic N) is 2. The Morgan fingerprint density at radius 3 is 2.50 bits per heavy atom. The van der Waals surface area contributed by atoms with Crippen molar-refractivity contribution in [3.63, 3.8) is 0 Å². The molecule has 1 heterocycles. The van der Waals surface area contributed by atoms with Crippen LogP contribution in [-0.2, 0) is 11.2 Å². The highest BCUT2D eigenvalue weighted by atomic mass is 19.1. The minimum Gasteiger partial charge on any atom is -0.503 e. The molecule has 8 heteroatoms. The molecular weight excluding hydrogens is 433 g/mol. The molecule has 7 nitrogen and oxygen atoms in total. The first-order valence-electron chi connectivity index (χ1n) is 11.4. The molecule has 0 unspecified atom stereocenters. The van der Waals surface area contributed by atoms with Gasteiger partial charge in [-0.3, -0.25) is 15.1 Å². The minimum absolute atomic E-state index is 0.0264. The molecule has 2 aromatic carbocycles. The topological polar surface area (TPSA) is 106 Å². The third-order valence-electron chi connectivity index (χ3n) is 5.83. The molecule has 1 saturated heterocycles. The Bertz CT molecular complexity index is 1000. The summed E-state index contributed by atoms with van der Waals surface area (Å²) in [5.74, 6) is -1.47. The Morgan fingerprint density at radius 2 is 1.85 bits per heavy atom. The number of carbonyl (C=O) groups excluding carboxylic acids is 1. The number of aliphatic hydroxyl groups is 1. The highest BCUT2D eigenvalue weighted by molar-refractivity contribution is 6.08. The third-order valence-corrected chi connectivity index (χ3v) is 5.83. The number of anilines is 1. The van der Waals surface area contributed by atoms with E-state index in [1.807, 2.05) is 18.2 Å². The summed E-state index contributed by atoms with van der Waals surface area (Å²) >= 11 is 0. The zero-order valence-corrected chi connectivity index (χ0v) is 19.2. The standard InChI is InChI=1S/C26H32FN5O2/c27-21-6-8-22(9-7-21)30-16-11-25(29)32(26(34)24(33)10-15-28)23-13-18-31(19-14-23)17-12-20-4-2-1-3-5-20/h1-11,16,23,29-30,33H,12-15,17-19,28H2/b16-11-,24-10-,29-25?. The van der Waals surface area contributed by atoms with Gasteiger partial charge in [-0.2, -0.15) is 0 Å². The summed E-state index contributed by atoms with van der Waals surface area (Å²) in [7, 11) is 0. The van der Waals surface area contributed by atoms with Crippen LogP contribution >= 0.6 is 0 Å². The van der Waals surface area contributed by atoms with Gasteiger partial charge in [0.05, 0.1) is 0 Å². The Labute approximate surface area is 199 Å². The summed E-state index contributed by atoms with van der Waals surface area (Å²) in [6.45, 7) is 2.56. The highest BCUT2D eigenvalue weighted by Crippen LogP contribution is 2.20. The number of piperidine rings is 1. The molecular formula is C26H32FN5O2. The van der Waals surface area contributed by atoms with Crippen LogP contribution in [0.2, 0.25) is 0 Å².